The Morgan fingerprint density at radius 2 is 0.922 bits per heavy atom. The van der Waals surface area contributed by atoms with Gasteiger partial charge >= 0.3 is 17.9 Å². The van der Waals surface area contributed by atoms with Crippen LogP contribution in [0.4, 0.5) is 0 Å². The first kappa shape index (κ1) is 56.9. The van der Waals surface area contributed by atoms with Crippen LogP contribution in [0.5, 0.6) is 0 Å². The largest absolute Gasteiger partial charge is 0.481 e. The molecule has 10 amide bonds. The van der Waals surface area contributed by atoms with E-state index in [0.717, 1.165) is 6.92 Å². The molecule has 30 heteroatoms. The predicted octanol–water partition coefficient (Wildman–Crippen LogP) is -9.96. The lowest BCUT2D eigenvalue weighted by atomic mass is 10.1. The Kier molecular flexibility index (Phi) is 26.1. The van der Waals surface area contributed by atoms with Gasteiger partial charge in [0, 0.05) is 19.3 Å². The lowest BCUT2D eigenvalue weighted by molar-refractivity contribution is -0.144. The van der Waals surface area contributed by atoms with E-state index in [4.69, 9.17) is 31.9 Å². The minimum atomic E-state index is -1.82. The molecule has 0 fully saturated rings. The van der Waals surface area contributed by atoms with Crippen LogP contribution in [0.3, 0.4) is 0 Å². The Labute approximate surface area is 362 Å². The van der Waals surface area contributed by atoms with Gasteiger partial charge in [-0.3, -0.25) is 57.5 Å². The van der Waals surface area contributed by atoms with Gasteiger partial charge in [0.25, 0.3) is 0 Å². The van der Waals surface area contributed by atoms with E-state index in [1.807, 2.05) is 5.32 Å². The Bertz CT molecular complexity index is 1730. The van der Waals surface area contributed by atoms with E-state index in [-0.39, 0.29) is 0 Å². The summed E-state index contributed by atoms with van der Waals surface area (Å²) in [6.07, 6.45) is -4.92. The molecule has 64 heavy (non-hydrogen) atoms. The topological polar surface area (TPSA) is 504 Å². The summed E-state index contributed by atoms with van der Waals surface area (Å²) >= 11 is 0. The van der Waals surface area contributed by atoms with Gasteiger partial charge in [-0.05, 0) is 33.1 Å². The van der Waals surface area contributed by atoms with E-state index in [1.54, 1.807) is 0 Å². The number of hydrogen-bond acceptors (Lipinski definition) is 17. The Hall–Kier alpha value is -7.05. The predicted molar refractivity (Wildman–Crippen MR) is 210 cm³/mol. The van der Waals surface area contributed by atoms with Crippen molar-refractivity contribution in [3.8, 4) is 0 Å². The number of aliphatic carboxylic acids is 3. The molecule has 0 saturated heterocycles. The van der Waals surface area contributed by atoms with Gasteiger partial charge in [-0.25, -0.2) is 4.79 Å². The number of carbonyl (C=O) groups excluding carboxylic acids is 10. The molecule has 0 aromatic carbocycles. The zero-order valence-electron chi connectivity index (χ0n) is 34.5. The summed E-state index contributed by atoms with van der Waals surface area (Å²) in [4.78, 5) is 158. The van der Waals surface area contributed by atoms with Crippen molar-refractivity contribution in [2.45, 2.75) is 101 Å². The summed E-state index contributed by atoms with van der Waals surface area (Å²) in [6.45, 7) is -2.01. The molecule has 0 unspecified atom stereocenters. The molecule has 19 N–H and O–H groups in total. The Morgan fingerprint density at radius 3 is 1.41 bits per heavy atom. The van der Waals surface area contributed by atoms with E-state index >= 15 is 0 Å². The van der Waals surface area contributed by atoms with Crippen LogP contribution in [0.15, 0.2) is 0 Å². The molecule has 0 aliphatic heterocycles. The monoisotopic (exact) mass is 921 g/mol. The van der Waals surface area contributed by atoms with Gasteiger partial charge in [0.1, 0.15) is 42.3 Å². The van der Waals surface area contributed by atoms with Crippen molar-refractivity contribution >= 4 is 77.0 Å². The standard InChI is InChI=1S/C34H55N11O19/c1-14(40-23(51)11-39-30(59)17(4-7-25(53)54)43-33(62)27(15(2)48)45-29(58)16(35)12-46)28(57)38-9-22(50)37-10-24(52)41-18(3-6-21(36)49)31(60)42-19(5-8-26(55)56)32(61)44-20(13-47)34(63)64/h14-20,27,46-48H,3-13,35H2,1-2H3,(H2,36,49)(H,37,50)(H,38,57)(H,39,59)(H,40,51)(H,41,52)(H,42,60)(H,43,62)(H,44,61)(H,45,58)(H,53,54)(H,55,56)(H,63,64)/t14-,15+,16-,17-,18-,19-,20-,27-/m0/s1. The van der Waals surface area contributed by atoms with Crippen LogP contribution in [0.2, 0.25) is 0 Å². The smallest absolute Gasteiger partial charge is 0.328 e. The summed E-state index contributed by atoms with van der Waals surface area (Å²) < 4.78 is 0. The highest BCUT2D eigenvalue weighted by Crippen LogP contribution is 2.05. The number of primary amides is 1. The molecule has 0 rings (SSSR count). The van der Waals surface area contributed by atoms with Gasteiger partial charge in [0.2, 0.25) is 59.1 Å². The van der Waals surface area contributed by atoms with Crippen LogP contribution in [-0.2, 0) is 62.3 Å². The number of nitrogens with one attached hydrogen (secondary N) is 9. The number of aliphatic hydroxyl groups excluding tert-OH is 3. The van der Waals surface area contributed by atoms with Crippen LogP contribution < -0.4 is 59.3 Å². The van der Waals surface area contributed by atoms with Gasteiger partial charge in [-0.15, -0.1) is 0 Å². The average molecular weight is 922 g/mol. The molecule has 30 nitrogen and oxygen atoms in total. The maximum atomic E-state index is 13.1. The maximum absolute atomic E-state index is 13.1. The van der Waals surface area contributed by atoms with E-state index < -0.39 is 197 Å². The summed E-state index contributed by atoms with van der Waals surface area (Å²) in [5.41, 5.74) is 10.5. The van der Waals surface area contributed by atoms with Crippen molar-refractivity contribution in [2.24, 2.45) is 11.5 Å². The van der Waals surface area contributed by atoms with Crippen LogP contribution in [0.25, 0.3) is 0 Å². The number of aliphatic hydroxyl groups is 3. The summed E-state index contributed by atoms with van der Waals surface area (Å²) in [6, 6.07) is -11.3. The zero-order chi connectivity index (χ0) is 49.3. The van der Waals surface area contributed by atoms with Gasteiger partial charge in [-0.2, -0.15) is 0 Å². The minimum absolute atomic E-state index is 0.457. The van der Waals surface area contributed by atoms with Crippen molar-refractivity contribution < 1.29 is 93.0 Å². The number of amides is 10. The first-order valence-electron chi connectivity index (χ1n) is 19.1. The molecule has 0 radical (unpaired) electrons. The lowest BCUT2D eigenvalue weighted by Crippen LogP contribution is -2.59. The highest BCUT2D eigenvalue weighted by Gasteiger charge is 2.33. The van der Waals surface area contributed by atoms with Gasteiger partial charge in [-0.1, -0.05) is 0 Å². The van der Waals surface area contributed by atoms with Crippen molar-refractivity contribution in [3.63, 3.8) is 0 Å². The van der Waals surface area contributed by atoms with Crippen LogP contribution in [0.1, 0.15) is 52.4 Å². The van der Waals surface area contributed by atoms with Gasteiger partial charge in [0.15, 0.2) is 0 Å². The zero-order valence-corrected chi connectivity index (χ0v) is 34.5. The highest BCUT2D eigenvalue weighted by atomic mass is 16.4. The Balaban J connectivity index is 5.34. The van der Waals surface area contributed by atoms with E-state index in [1.165, 1.54) is 6.92 Å². The molecule has 0 aromatic rings. The number of hydrogen-bond donors (Lipinski definition) is 17. The molecule has 0 saturated carbocycles. The molecular weight excluding hydrogens is 866 g/mol. The van der Waals surface area contributed by atoms with Crippen LogP contribution in [0, 0.1) is 0 Å². The fourth-order valence-electron chi connectivity index (χ4n) is 4.82. The summed E-state index contributed by atoms with van der Waals surface area (Å²) in [5, 5.41) is 74.5. The SMILES string of the molecule is C[C@H](NC(=O)CNC(=O)[C@H](CCC(=O)O)NC(=O)[C@@H](NC(=O)[C@@H](N)CO)[C@@H](C)O)C(=O)NCC(=O)NCC(=O)N[C@@H](CCC(N)=O)C(=O)N[C@@H](CCC(=O)O)C(=O)N[C@@H](CO)C(=O)O. The maximum Gasteiger partial charge on any atom is 0.328 e. The number of carbonyl (C=O) groups is 13. The number of carboxylic acid groups (broad SMARTS) is 3. The number of nitrogens with two attached hydrogens (primary N) is 2. The third-order valence-electron chi connectivity index (χ3n) is 8.35. The molecule has 0 aliphatic rings. The fourth-order valence-corrected chi connectivity index (χ4v) is 4.82. The summed E-state index contributed by atoms with van der Waals surface area (Å²) in [7, 11) is 0. The van der Waals surface area contributed by atoms with E-state index in [9.17, 15) is 72.5 Å². The first-order valence-corrected chi connectivity index (χ1v) is 19.1. The lowest BCUT2D eigenvalue weighted by Gasteiger charge is -2.25. The molecule has 0 heterocycles. The van der Waals surface area contributed by atoms with Crippen molar-refractivity contribution in [2.75, 3.05) is 32.8 Å². The second-order valence-corrected chi connectivity index (χ2v) is 13.7. The van der Waals surface area contributed by atoms with Crippen molar-refractivity contribution in [1.82, 2.24) is 47.9 Å². The van der Waals surface area contributed by atoms with Gasteiger partial charge in [0.05, 0.1) is 39.0 Å². The molecular formula is C34H55N11O19. The first-order chi connectivity index (χ1) is 29.8. The molecule has 0 bridgehead atoms. The number of rotatable bonds is 31. The van der Waals surface area contributed by atoms with Gasteiger partial charge < -0.3 is 90.0 Å². The summed E-state index contributed by atoms with van der Waals surface area (Å²) in [5.74, 6) is -14.9. The Morgan fingerprint density at radius 1 is 0.484 bits per heavy atom. The highest BCUT2D eigenvalue weighted by molar-refractivity contribution is 5.97. The van der Waals surface area contributed by atoms with Crippen molar-refractivity contribution in [3.05, 3.63) is 0 Å². The second-order valence-electron chi connectivity index (χ2n) is 13.7. The molecule has 360 valence electrons. The fraction of sp³-hybridized carbons (Fsp3) is 0.618. The molecule has 0 aromatic heterocycles. The quantitative estimate of drug-likeness (QED) is 0.0307. The van der Waals surface area contributed by atoms with E-state index in [2.05, 4.69) is 42.5 Å². The van der Waals surface area contributed by atoms with E-state index in [0.29, 0.717) is 0 Å². The molecule has 0 aliphatic carbocycles. The number of carboxylic acids is 3. The third-order valence-corrected chi connectivity index (χ3v) is 8.35. The third kappa shape index (κ3) is 23.2. The van der Waals surface area contributed by atoms with Crippen molar-refractivity contribution in [1.29, 1.82) is 0 Å². The average Bonchev–Trinajstić information content (AvgIpc) is 3.22. The second kappa shape index (κ2) is 29.3. The normalized spacial score (nSPS) is 14.4. The van der Waals surface area contributed by atoms with Crippen LogP contribution in [-0.4, -0.2) is 189 Å². The molecule has 0 spiro atoms. The minimum Gasteiger partial charge on any atom is -0.481 e. The van der Waals surface area contributed by atoms with Crippen LogP contribution >= 0.6 is 0 Å². The molecule has 8 atom stereocenters.